The third-order valence-corrected chi connectivity index (χ3v) is 12.8. The van der Waals surface area contributed by atoms with Gasteiger partial charge in [0.2, 0.25) is 6.54 Å². The van der Waals surface area contributed by atoms with Crippen LogP contribution in [0.2, 0.25) is 0 Å². The van der Waals surface area contributed by atoms with Crippen LogP contribution in [0, 0.1) is 10.1 Å². The van der Waals surface area contributed by atoms with Gasteiger partial charge in [0.1, 0.15) is 47.4 Å². The Labute approximate surface area is 558 Å². The number of carbonyl (C=O) groups excluding carboxylic acids is 2. The molecule has 16 nitrogen and oxygen atoms in total. The highest BCUT2D eigenvalue weighted by Crippen LogP contribution is 2.24. The lowest BCUT2D eigenvalue weighted by atomic mass is 10.1. The standard InChI is InChI=1S/C25H29NO2.C11H15NO4.C11H17NO2.C10H12O2.C9H11BrO.C7H6O2.CH4S/c1-2-16-28-24-15-9-14-23(17-24)25(27)20-26(18-21-10-5-3-6-11-21)19-22-12-7-4-8-13-22;1-2-6-16-10-5-3-4-9(7-10)11(13)8-12(14)15;1-2-6-14-10-5-3-4-9(7-10)11(13)8-12;1-2-6-12-10-5-3-4-9(7-10)8-11;10-6-7-11-8-9-4-2-1-3-5-9;8-5-6-2-1-3-7(9)4-6;1-2/h3-15,17,25,27H,2,16,18-20H2,1H3;3-5,7,11,13H,2,6,8H2,1H3;3-5,7,11,13H,2,6,8,12H2,1H3;3-5,7-8H,2,6H2,1H3;1-5H,6-8H2;1-5,9H;2H,1H3/t25-;2*11-;;;;/m111..../s1. The molecule has 0 aliphatic heterocycles. The van der Waals surface area contributed by atoms with Gasteiger partial charge in [-0.3, -0.25) is 24.6 Å². The molecule has 92 heavy (non-hydrogen) atoms. The zero-order chi connectivity index (χ0) is 67.4. The fraction of sp³-hybridized carbons (Fsp3) is 0.324. The van der Waals surface area contributed by atoms with Crippen molar-refractivity contribution in [2.24, 2.45) is 5.73 Å². The molecule has 0 spiro atoms. The second kappa shape index (κ2) is 51.7. The lowest BCUT2D eigenvalue weighted by Gasteiger charge is -2.26. The molecular weight excluding hydrogens is 1250 g/mol. The van der Waals surface area contributed by atoms with Gasteiger partial charge in [-0.15, -0.1) is 0 Å². The molecule has 0 saturated heterocycles. The van der Waals surface area contributed by atoms with E-state index >= 15 is 0 Å². The van der Waals surface area contributed by atoms with Crippen molar-refractivity contribution >= 4 is 41.1 Å². The molecule has 3 atom stereocenters. The van der Waals surface area contributed by atoms with Crippen molar-refractivity contribution in [2.75, 3.05) is 64.3 Å². The molecule has 0 amide bonds. The SMILES string of the molecule is BrCCOCc1ccccc1.CCCOc1cccc(C=O)c1.CCCOc1cccc([C@H](O)CN(Cc2ccccc2)Cc2ccccc2)c1.CCCOc1cccc([C@H](O)CN)c1.CCCOc1cccc([C@H](O)C[N+](=O)[O-])c1.CS.O=Cc1cccc(O)c1. The predicted octanol–water partition coefficient (Wildman–Crippen LogP) is 15.1. The van der Waals surface area contributed by atoms with Gasteiger partial charge in [-0.2, -0.15) is 12.6 Å². The molecule has 0 bridgehead atoms. The summed E-state index contributed by atoms with van der Waals surface area (Å²) in [7, 11) is 0. The van der Waals surface area contributed by atoms with Crippen molar-refractivity contribution in [1.29, 1.82) is 0 Å². The number of phenols is 1. The molecule has 18 heteroatoms. The first-order valence-corrected chi connectivity index (χ1v) is 32.7. The second-order valence-corrected chi connectivity index (χ2v) is 21.0. The van der Waals surface area contributed by atoms with E-state index in [-0.39, 0.29) is 12.3 Å². The summed E-state index contributed by atoms with van der Waals surface area (Å²) in [4.78, 5) is 32.4. The smallest absolute Gasteiger partial charge is 0.233 e. The van der Waals surface area contributed by atoms with Crippen molar-refractivity contribution in [3.63, 3.8) is 0 Å². The fourth-order valence-electron chi connectivity index (χ4n) is 8.01. The molecule has 8 aromatic carbocycles. The van der Waals surface area contributed by atoms with E-state index in [9.17, 15) is 35.0 Å². The molecule has 496 valence electrons. The van der Waals surface area contributed by atoms with Gasteiger partial charge >= 0.3 is 0 Å². The Morgan fingerprint density at radius 3 is 1.24 bits per heavy atom. The van der Waals surface area contributed by atoms with Crippen LogP contribution in [0.4, 0.5) is 0 Å². The van der Waals surface area contributed by atoms with Crippen LogP contribution in [0.5, 0.6) is 28.7 Å². The Hall–Kier alpha value is -7.91. The van der Waals surface area contributed by atoms with Crippen LogP contribution >= 0.6 is 28.6 Å². The highest BCUT2D eigenvalue weighted by atomic mass is 79.9. The topological polar surface area (TPSA) is 234 Å². The minimum absolute atomic E-state index is 0.125. The van der Waals surface area contributed by atoms with E-state index in [2.05, 4.69) is 108 Å². The second-order valence-electron chi connectivity index (χ2n) is 20.2. The molecule has 8 rings (SSSR count). The van der Waals surface area contributed by atoms with Crippen LogP contribution in [0.15, 0.2) is 212 Å². The number of benzene rings is 8. The first-order valence-electron chi connectivity index (χ1n) is 30.7. The van der Waals surface area contributed by atoms with Crippen molar-refractivity contribution < 1.29 is 58.6 Å². The van der Waals surface area contributed by atoms with Gasteiger partial charge in [0, 0.05) is 47.6 Å². The number of nitrogens with zero attached hydrogens (tertiary/aromatic N) is 2. The lowest BCUT2D eigenvalue weighted by molar-refractivity contribution is -0.491. The van der Waals surface area contributed by atoms with Gasteiger partial charge < -0.3 is 49.8 Å². The number of aldehydes is 2. The van der Waals surface area contributed by atoms with Crippen LogP contribution in [0.25, 0.3) is 0 Å². The van der Waals surface area contributed by atoms with E-state index < -0.39 is 29.8 Å². The van der Waals surface area contributed by atoms with Crippen molar-refractivity contribution in [1.82, 2.24) is 4.90 Å². The first kappa shape index (κ1) is 80.2. The van der Waals surface area contributed by atoms with E-state index in [4.69, 9.17) is 34.5 Å². The monoisotopic (exact) mass is 1340 g/mol. The maximum atomic E-state index is 10.9. The molecule has 0 aliphatic carbocycles. The molecule has 0 saturated carbocycles. The maximum Gasteiger partial charge on any atom is 0.233 e. The summed E-state index contributed by atoms with van der Waals surface area (Å²) in [6.45, 7) is 14.2. The molecule has 6 N–H and O–H groups in total. The van der Waals surface area contributed by atoms with Gasteiger partial charge in [-0.25, -0.2) is 0 Å². The van der Waals surface area contributed by atoms with Gasteiger partial charge in [0.25, 0.3) is 0 Å². The number of alkyl halides is 1. The van der Waals surface area contributed by atoms with Gasteiger partial charge in [0.05, 0.1) is 51.8 Å². The summed E-state index contributed by atoms with van der Waals surface area (Å²) in [6, 6.07) is 66.3. The minimum Gasteiger partial charge on any atom is -0.508 e. The number of nitro groups is 1. The summed E-state index contributed by atoms with van der Waals surface area (Å²) < 4.78 is 27.2. The quantitative estimate of drug-likeness (QED) is 0.00614. The van der Waals surface area contributed by atoms with E-state index in [0.717, 1.165) is 85.4 Å². The number of aliphatic hydroxyl groups excluding tert-OH is 3. The molecule has 0 aliphatic rings. The number of hydrogen-bond donors (Lipinski definition) is 6. The molecule has 0 unspecified atom stereocenters. The number of phenolic OH excluding ortho intramolecular Hbond substituents is 1. The average molecular weight is 1350 g/mol. The zero-order valence-electron chi connectivity index (χ0n) is 53.7. The average Bonchev–Trinajstić information content (AvgIpc) is 1.97. The Morgan fingerprint density at radius 2 is 0.870 bits per heavy atom. The highest BCUT2D eigenvalue weighted by molar-refractivity contribution is 9.09. The summed E-state index contributed by atoms with van der Waals surface area (Å²) >= 11 is 6.83. The van der Waals surface area contributed by atoms with Crippen molar-refractivity contribution in [3.8, 4) is 28.7 Å². The van der Waals surface area contributed by atoms with Crippen LogP contribution in [-0.2, 0) is 24.4 Å². The number of aromatic hydroxyl groups is 1. The Morgan fingerprint density at radius 1 is 0.500 bits per heavy atom. The number of carbonyl (C=O) groups is 2. The molecule has 0 heterocycles. The molecular formula is C74H94BrN3O13S. The van der Waals surface area contributed by atoms with Gasteiger partial charge in [0.15, 0.2) is 0 Å². The normalized spacial score (nSPS) is 11.0. The van der Waals surface area contributed by atoms with Crippen molar-refractivity contribution in [3.05, 3.63) is 267 Å². The molecule has 0 radical (unpaired) electrons. The third-order valence-electron chi connectivity index (χ3n) is 12.4. The Bertz CT molecular complexity index is 3110. The Kier molecular flexibility index (Phi) is 45.0. The number of aliphatic hydroxyl groups is 3. The van der Waals surface area contributed by atoms with E-state index in [1.54, 1.807) is 54.8 Å². The number of nitrogens with two attached hydrogens (primary N) is 1. The minimum atomic E-state index is -1.08. The number of rotatable bonds is 30. The van der Waals surface area contributed by atoms with Crippen molar-refractivity contribution in [2.45, 2.75) is 91.4 Å². The first-order chi connectivity index (χ1) is 44.8. The summed E-state index contributed by atoms with van der Waals surface area (Å²) in [5, 5.41) is 49.9. The number of ether oxygens (including phenoxy) is 5. The van der Waals surface area contributed by atoms with Gasteiger partial charge in [-0.05, 0) is 126 Å². The van der Waals surface area contributed by atoms with E-state index in [1.165, 1.54) is 28.8 Å². The zero-order valence-corrected chi connectivity index (χ0v) is 56.1. The van der Waals surface area contributed by atoms with E-state index in [0.29, 0.717) is 68.3 Å². The maximum absolute atomic E-state index is 10.9. The van der Waals surface area contributed by atoms with Crippen LogP contribution in [0.3, 0.4) is 0 Å². The fourth-order valence-corrected chi connectivity index (χ4v) is 8.24. The van der Waals surface area contributed by atoms with Crippen LogP contribution in [-0.4, -0.2) is 107 Å². The summed E-state index contributed by atoms with van der Waals surface area (Å²) in [5.74, 6) is 3.12. The summed E-state index contributed by atoms with van der Waals surface area (Å²) in [6.07, 6.45) is 4.77. The van der Waals surface area contributed by atoms with Crippen LogP contribution < -0.4 is 24.7 Å². The van der Waals surface area contributed by atoms with E-state index in [1.807, 2.05) is 105 Å². The molecule has 0 aromatic heterocycles. The molecule has 8 aromatic rings. The van der Waals surface area contributed by atoms with Crippen LogP contribution in [0.1, 0.15) is 126 Å². The number of hydrogen-bond acceptors (Lipinski definition) is 16. The predicted molar refractivity (Wildman–Crippen MR) is 375 cm³/mol. The highest BCUT2D eigenvalue weighted by Gasteiger charge is 2.17. The number of halogens is 1. The largest absolute Gasteiger partial charge is 0.508 e. The molecule has 0 fully saturated rings. The lowest BCUT2D eigenvalue weighted by Crippen LogP contribution is -2.28. The third kappa shape index (κ3) is 36.8. The Balaban J connectivity index is 0.000000392. The summed E-state index contributed by atoms with van der Waals surface area (Å²) in [5.41, 5.74) is 12.4. The van der Waals surface area contributed by atoms with Gasteiger partial charge in [-0.1, -0.05) is 195 Å². The number of thiol groups is 1.